The summed E-state index contributed by atoms with van der Waals surface area (Å²) in [5.41, 5.74) is 1.45. The van der Waals surface area contributed by atoms with Gasteiger partial charge in [-0.25, -0.2) is 8.42 Å². The van der Waals surface area contributed by atoms with Gasteiger partial charge in [-0.15, -0.1) is 0 Å². The minimum absolute atomic E-state index is 0.00307. The van der Waals surface area contributed by atoms with Crippen molar-refractivity contribution in [3.05, 3.63) is 48.7 Å². The topological polar surface area (TPSA) is 89.5 Å². The van der Waals surface area contributed by atoms with Gasteiger partial charge in [0.2, 0.25) is 18.9 Å². The number of piperidine rings is 2. The van der Waals surface area contributed by atoms with E-state index >= 15 is 0 Å². The SMILES string of the molecule is CCCCN1CCN(C2CCN(C3CCN(c4c(S(=O)(=O)c5ccc(OCC(C)(C)C)cc5)cnc5ccc([Si](C)O)cc45)CC3)CC2)CC1. The van der Waals surface area contributed by atoms with Crippen LogP contribution in [0.1, 0.15) is 66.2 Å². The molecule has 1 aromatic heterocycles. The highest BCUT2D eigenvalue weighted by Crippen LogP contribution is 2.38. The molecule has 1 radical (unpaired) electrons. The quantitative estimate of drug-likeness (QED) is 0.270. The molecule has 0 spiro atoms. The molecule has 0 aliphatic carbocycles. The number of benzene rings is 2. The Labute approximate surface area is 302 Å². The fourth-order valence-corrected chi connectivity index (χ4v) is 9.97. The lowest BCUT2D eigenvalue weighted by molar-refractivity contribution is 0.0434. The summed E-state index contributed by atoms with van der Waals surface area (Å²) in [6.07, 6.45) is 8.56. The van der Waals surface area contributed by atoms with Gasteiger partial charge in [-0.2, -0.15) is 0 Å². The summed E-state index contributed by atoms with van der Waals surface area (Å²) < 4.78 is 34.6. The average Bonchev–Trinajstić information content (AvgIpc) is 3.12. The number of rotatable bonds is 11. The number of anilines is 1. The molecule has 0 saturated carbocycles. The molecule has 11 heteroatoms. The molecule has 3 aromatic rings. The lowest BCUT2D eigenvalue weighted by Crippen LogP contribution is -2.55. The summed E-state index contributed by atoms with van der Waals surface area (Å²) in [4.78, 5) is 26.0. The molecule has 1 N–H and O–H groups in total. The zero-order chi connectivity index (χ0) is 35.5. The fourth-order valence-electron chi connectivity index (χ4n) is 7.85. The van der Waals surface area contributed by atoms with Crippen LogP contribution in [0, 0.1) is 5.41 Å². The number of hydrogen-bond acceptors (Lipinski definition) is 9. The Morgan fingerprint density at radius 3 is 2.10 bits per heavy atom. The van der Waals surface area contributed by atoms with E-state index in [0.29, 0.717) is 30.1 Å². The van der Waals surface area contributed by atoms with Gasteiger partial charge in [0, 0.05) is 62.9 Å². The normalized spacial score (nSPS) is 19.9. The van der Waals surface area contributed by atoms with Gasteiger partial charge in [0.25, 0.3) is 0 Å². The monoisotopic (exact) mass is 720 g/mol. The van der Waals surface area contributed by atoms with Crippen LogP contribution in [0.4, 0.5) is 5.69 Å². The van der Waals surface area contributed by atoms with Crippen molar-refractivity contribution in [3.8, 4) is 5.75 Å². The molecule has 2 aromatic carbocycles. The maximum atomic E-state index is 14.4. The van der Waals surface area contributed by atoms with E-state index in [9.17, 15) is 13.2 Å². The average molecular weight is 721 g/mol. The van der Waals surface area contributed by atoms with E-state index in [0.717, 1.165) is 55.1 Å². The molecular formula is C39H58N5O4SSi. The van der Waals surface area contributed by atoms with Crippen LogP contribution in [0.15, 0.2) is 58.5 Å². The van der Waals surface area contributed by atoms with Gasteiger partial charge < -0.3 is 24.2 Å². The first kappa shape index (κ1) is 37.2. The molecule has 50 heavy (non-hydrogen) atoms. The van der Waals surface area contributed by atoms with Crippen LogP contribution in [0.25, 0.3) is 10.9 Å². The number of unbranched alkanes of at least 4 members (excludes halogenated alkanes) is 1. The Morgan fingerprint density at radius 1 is 0.880 bits per heavy atom. The number of nitrogens with zero attached hydrogens (tertiary/aromatic N) is 5. The number of piperazine rings is 1. The van der Waals surface area contributed by atoms with Crippen LogP contribution in [-0.4, -0.2) is 120 Å². The summed E-state index contributed by atoms with van der Waals surface area (Å²) in [7, 11) is -5.63. The Kier molecular flexibility index (Phi) is 11.9. The first-order valence-corrected chi connectivity index (χ1v) is 22.2. The van der Waals surface area contributed by atoms with E-state index in [2.05, 4.69) is 52.3 Å². The summed E-state index contributed by atoms with van der Waals surface area (Å²) in [5, 5.41) is 1.64. The Bertz CT molecular complexity index is 1670. The zero-order valence-corrected chi connectivity index (χ0v) is 32.7. The molecule has 0 bridgehead atoms. The van der Waals surface area contributed by atoms with Gasteiger partial charge in [-0.05, 0) is 105 Å². The first-order valence-electron chi connectivity index (χ1n) is 18.8. The molecule has 0 amide bonds. The molecule has 3 fully saturated rings. The van der Waals surface area contributed by atoms with Crippen molar-refractivity contribution >= 4 is 40.7 Å². The van der Waals surface area contributed by atoms with Gasteiger partial charge in [0.05, 0.1) is 22.7 Å². The fraction of sp³-hybridized carbons (Fsp3) is 0.615. The van der Waals surface area contributed by atoms with Crippen molar-refractivity contribution in [2.24, 2.45) is 5.41 Å². The Balaban J connectivity index is 1.17. The van der Waals surface area contributed by atoms with Crippen LogP contribution in [0.3, 0.4) is 0 Å². The number of aromatic nitrogens is 1. The Hall–Kier alpha value is -2.54. The minimum Gasteiger partial charge on any atom is -0.493 e. The predicted molar refractivity (Wildman–Crippen MR) is 205 cm³/mol. The summed E-state index contributed by atoms with van der Waals surface area (Å²) in [6.45, 7) is 20.9. The molecule has 0 unspecified atom stereocenters. The number of pyridine rings is 1. The van der Waals surface area contributed by atoms with Crippen molar-refractivity contribution in [3.63, 3.8) is 0 Å². The van der Waals surface area contributed by atoms with E-state index in [1.807, 2.05) is 24.7 Å². The highest BCUT2D eigenvalue weighted by atomic mass is 32.2. The van der Waals surface area contributed by atoms with Gasteiger partial charge in [-0.3, -0.25) is 9.88 Å². The molecule has 3 aliphatic heterocycles. The molecule has 6 rings (SSSR count). The van der Waals surface area contributed by atoms with Crippen LogP contribution in [0.5, 0.6) is 5.75 Å². The third kappa shape index (κ3) is 8.73. The number of sulfone groups is 1. The number of ether oxygens (including phenoxy) is 1. The Morgan fingerprint density at radius 2 is 1.50 bits per heavy atom. The number of likely N-dealkylation sites (tertiary alicyclic amines) is 1. The predicted octanol–water partition coefficient (Wildman–Crippen LogP) is 5.16. The van der Waals surface area contributed by atoms with Crippen LogP contribution in [0.2, 0.25) is 6.55 Å². The van der Waals surface area contributed by atoms with E-state index in [1.54, 1.807) is 24.3 Å². The molecule has 9 nitrogen and oxygen atoms in total. The second-order valence-electron chi connectivity index (χ2n) is 15.8. The second-order valence-corrected chi connectivity index (χ2v) is 19.5. The second kappa shape index (κ2) is 16.0. The summed E-state index contributed by atoms with van der Waals surface area (Å²) in [5.74, 6) is 0.650. The van der Waals surface area contributed by atoms with Crippen LogP contribution >= 0.6 is 0 Å². The number of fused-ring (bicyclic) bond motifs is 1. The summed E-state index contributed by atoms with van der Waals surface area (Å²) >= 11 is 0. The van der Waals surface area contributed by atoms with E-state index in [4.69, 9.17) is 4.74 Å². The van der Waals surface area contributed by atoms with Gasteiger partial charge in [-0.1, -0.05) is 40.2 Å². The van der Waals surface area contributed by atoms with E-state index < -0.39 is 18.9 Å². The third-order valence-electron chi connectivity index (χ3n) is 10.9. The molecule has 3 aliphatic rings. The highest BCUT2D eigenvalue weighted by Gasteiger charge is 2.34. The molecule has 0 atom stereocenters. The highest BCUT2D eigenvalue weighted by molar-refractivity contribution is 7.91. The molecule has 3 saturated heterocycles. The van der Waals surface area contributed by atoms with Gasteiger partial charge >= 0.3 is 0 Å². The molecule has 273 valence electrons. The van der Waals surface area contributed by atoms with E-state index in [1.165, 1.54) is 64.6 Å². The van der Waals surface area contributed by atoms with E-state index in [-0.39, 0.29) is 15.2 Å². The lowest BCUT2D eigenvalue weighted by Gasteiger charge is -2.46. The largest absolute Gasteiger partial charge is 0.493 e. The maximum absolute atomic E-state index is 14.4. The standard InChI is InChI=1S/C39H58N5O4SSi/c1-6-7-18-41-23-25-43(26-24-41)31-14-19-42(20-15-31)30-16-21-44(22-17-30)38-35-27-34(50(5)47)12-13-36(35)40-28-37(38)49(45,46)33-10-8-32(9-11-33)48-29-39(2,3)4/h8-13,27-28,30-31,47H,6-7,14-26,29H2,1-5H3. The van der Waals surface area contributed by atoms with Crippen molar-refractivity contribution in [2.75, 3.05) is 70.4 Å². The third-order valence-corrected chi connectivity index (χ3v) is 13.8. The number of hydrogen-bond donors (Lipinski definition) is 1. The summed E-state index contributed by atoms with van der Waals surface area (Å²) in [6, 6.07) is 13.8. The van der Waals surface area contributed by atoms with Gasteiger partial charge in [0.15, 0.2) is 0 Å². The van der Waals surface area contributed by atoms with Crippen molar-refractivity contribution in [1.82, 2.24) is 19.7 Å². The molecular weight excluding hydrogens is 663 g/mol. The van der Waals surface area contributed by atoms with Crippen molar-refractivity contribution < 1.29 is 18.0 Å². The lowest BCUT2D eigenvalue weighted by atomic mass is 9.96. The van der Waals surface area contributed by atoms with Crippen LogP contribution in [-0.2, 0) is 9.84 Å². The van der Waals surface area contributed by atoms with Crippen LogP contribution < -0.4 is 14.8 Å². The van der Waals surface area contributed by atoms with Crippen molar-refractivity contribution in [1.29, 1.82) is 0 Å². The maximum Gasteiger partial charge on any atom is 0.239 e. The smallest absolute Gasteiger partial charge is 0.239 e. The molecule has 4 heterocycles. The van der Waals surface area contributed by atoms with Gasteiger partial charge in [0.1, 0.15) is 10.6 Å². The first-order chi connectivity index (χ1) is 23.9. The minimum atomic E-state index is -3.89. The van der Waals surface area contributed by atoms with Crippen molar-refractivity contribution in [2.45, 2.75) is 94.6 Å². The zero-order valence-electron chi connectivity index (χ0n) is 30.9.